The van der Waals surface area contributed by atoms with E-state index in [0.717, 1.165) is 69.9 Å². The predicted molar refractivity (Wildman–Crippen MR) is 156 cm³/mol. The number of pyridine rings is 2. The molecule has 4 aromatic rings. The molecule has 0 aliphatic carbocycles. The summed E-state index contributed by atoms with van der Waals surface area (Å²) in [7, 11) is 0. The maximum atomic E-state index is 6.07. The third-order valence-corrected chi connectivity index (χ3v) is 7.78. The molecule has 0 amide bonds. The van der Waals surface area contributed by atoms with Gasteiger partial charge in [-0.15, -0.1) is 0 Å². The Hall–Kier alpha value is -3.02. The Balaban J connectivity index is 1.50. The second-order valence-corrected chi connectivity index (χ2v) is 10.7. The van der Waals surface area contributed by atoms with Crippen LogP contribution in [0.2, 0.25) is 0 Å². The maximum Gasteiger partial charge on any atom is 0.165 e. The second-order valence-electron chi connectivity index (χ2n) is 9.78. The first-order valence-electron chi connectivity index (χ1n) is 13.5. The van der Waals surface area contributed by atoms with Gasteiger partial charge in [0, 0.05) is 41.9 Å². The van der Waals surface area contributed by atoms with Crippen molar-refractivity contribution in [2.24, 2.45) is 0 Å². The number of halogens is 1. The number of rotatable bonds is 7. The van der Waals surface area contributed by atoms with Gasteiger partial charge in [-0.2, -0.15) is 0 Å². The van der Waals surface area contributed by atoms with E-state index in [4.69, 9.17) is 24.4 Å². The van der Waals surface area contributed by atoms with Gasteiger partial charge >= 0.3 is 0 Å². The minimum atomic E-state index is -0.139. The van der Waals surface area contributed by atoms with Crippen LogP contribution in [-0.2, 0) is 9.47 Å². The predicted octanol–water partition coefficient (Wildman–Crippen LogP) is 4.36. The van der Waals surface area contributed by atoms with Gasteiger partial charge in [-0.25, -0.2) is 15.0 Å². The summed E-state index contributed by atoms with van der Waals surface area (Å²) in [6.07, 6.45) is 4.17. The lowest BCUT2D eigenvalue weighted by Crippen LogP contribution is -2.51. The average Bonchev–Trinajstić information content (AvgIpc) is 3.00. The molecule has 2 fully saturated rings. The molecule has 2 aliphatic rings. The van der Waals surface area contributed by atoms with Crippen molar-refractivity contribution in [3.05, 3.63) is 65.2 Å². The van der Waals surface area contributed by atoms with Crippen molar-refractivity contribution in [1.82, 2.24) is 30.6 Å². The van der Waals surface area contributed by atoms with Crippen LogP contribution in [0.1, 0.15) is 25.1 Å². The Bertz CT molecular complexity index is 1440. The lowest BCUT2D eigenvalue weighted by atomic mass is 9.97. The van der Waals surface area contributed by atoms with Gasteiger partial charge in [0.05, 0.1) is 42.6 Å². The number of benzene rings is 1. The third kappa shape index (κ3) is 5.66. The van der Waals surface area contributed by atoms with E-state index in [2.05, 4.69) is 68.1 Å². The fourth-order valence-electron chi connectivity index (χ4n) is 5.33. The molecule has 10 heteroatoms. The molecule has 2 aliphatic heterocycles. The summed E-state index contributed by atoms with van der Waals surface area (Å²) in [6, 6.07) is 14.7. The van der Waals surface area contributed by atoms with Gasteiger partial charge in [-0.1, -0.05) is 35.0 Å². The van der Waals surface area contributed by atoms with Gasteiger partial charge in [0.25, 0.3) is 0 Å². The van der Waals surface area contributed by atoms with Crippen LogP contribution in [0, 0.1) is 0 Å². The number of anilines is 1. The van der Waals surface area contributed by atoms with Crippen molar-refractivity contribution >= 4 is 32.8 Å². The molecule has 3 aromatic heterocycles. The fourth-order valence-corrected chi connectivity index (χ4v) is 5.73. The Morgan fingerprint density at radius 3 is 2.82 bits per heavy atom. The van der Waals surface area contributed by atoms with Gasteiger partial charge in [0.1, 0.15) is 18.2 Å². The molecule has 6 rings (SSSR count). The highest BCUT2D eigenvalue weighted by molar-refractivity contribution is 9.10. The summed E-state index contributed by atoms with van der Waals surface area (Å²) in [5.41, 5.74) is 5.28. The molecule has 0 radical (unpaired) electrons. The first kappa shape index (κ1) is 26.2. The Morgan fingerprint density at radius 2 is 2.03 bits per heavy atom. The zero-order valence-corrected chi connectivity index (χ0v) is 23.4. The molecule has 1 aromatic carbocycles. The number of hydrogen-bond acceptors (Lipinski definition) is 9. The highest BCUT2D eigenvalue weighted by Gasteiger charge is 2.26. The van der Waals surface area contributed by atoms with Crippen LogP contribution >= 0.6 is 15.9 Å². The van der Waals surface area contributed by atoms with Crippen LogP contribution in [-0.4, -0.2) is 71.5 Å². The van der Waals surface area contributed by atoms with Gasteiger partial charge < -0.3 is 25.4 Å². The zero-order chi connectivity index (χ0) is 26.6. The van der Waals surface area contributed by atoms with Crippen LogP contribution < -0.4 is 16.0 Å². The summed E-state index contributed by atoms with van der Waals surface area (Å²) in [5.74, 6) is 0.763. The standard InChI is InChI=1S/C29H32BrN7O2/c1-2-22(24-16-38-11-10-32-24)36-28-26-21(18-5-3-6-19(30)13-18)14-23(37-29(26)35-17-34-28)20-7-4-8-33-27(20)25-15-31-9-12-39-25/h3-8,13-14,17,22,24-25,31-32H,2,9-12,15-16H2,1H3,(H,34,35,36,37). The van der Waals surface area contributed by atoms with Gasteiger partial charge in [-0.05, 0) is 47.9 Å². The topological polar surface area (TPSA) is 106 Å². The van der Waals surface area contributed by atoms with Crippen LogP contribution in [0.15, 0.2) is 59.5 Å². The first-order chi connectivity index (χ1) is 19.2. The van der Waals surface area contributed by atoms with E-state index in [-0.39, 0.29) is 18.2 Å². The van der Waals surface area contributed by atoms with E-state index in [1.807, 2.05) is 24.4 Å². The number of hydrogen-bond donors (Lipinski definition) is 3. The molecule has 39 heavy (non-hydrogen) atoms. The summed E-state index contributed by atoms with van der Waals surface area (Å²) >= 11 is 3.65. The number of nitrogens with zero attached hydrogens (tertiary/aromatic N) is 4. The van der Waals surface area contributed by atoms with E-state index in [1.54, 1.807) is 6.33 Å². The molecule has 0 bridgehead atoms. The minimum absolute atomic E-state index is 0.138. The van der Waals surface area contributed by atoms with Crippen molar-refractivity contribution in [1.29, 1.82) is 0 Å². The molecule has 0 spiro atoms. The number of nitrogens with one attached hydrogen (secondary N) is 3. The minimum Gasteiger partial charge on any atom is -0.378 e. The van der Waals surface area contributed by atoms with Crippen LogP contribution in [0.3, 0.4) is 0 Å². The van der Waals surface area contributed by atoms with Crippen LogP contribution in [0.25, 0.3) is 33.4 Å². The SMILES string of the molecule is CCC(Nc1ncnc2nc(-c3cccnc3C3CNCCO3)cc(-c3cccc(Br)c3)c12)C1COCCN1. The zero-order valence-electron chi connectivity index (χ0n) is 21.9. The summed E-state index contributed by atoms with van der Waals surface area (Å²) in [6.45, 7) is 6.62. The molecule has 3 atom stereocenters. The Labute approximate surface area is 236 Å². The van der Waals surface area contributed by atoms with Crippen molar-refractivity contribution < 1.29 is 9.47 Å². The van der Waals surface area contributed by atoms with Crippen molar-refractivity contribution in [2.45, 2.75) is 31.5 Å². The summed E-state index contributed by atoms with van der Waals surface area (Å²) < 4.78 is 12.8. The highest BCUT2D eigenvalue weighted by atomic mass is 79.9. The van der Waals surface area contributed by atoms with E-state index < -0.39 is 0 Å². The van der Waals surface area contributed by atoms with Gasteiger partial charge in [0.15, 0.2) is 5.65 Å². The molecular weight excluding hydrogens is 558 g/mol. The number of fused-ring (bicyclic) bond motifs is 1. The lowest BCUT2D eigenvalue weighted by Gasteiger charge is -2.32. The summed E-state index contributed by atoms with van der Waals surface area (Å²) in [4.78, 5) is 19.1. The average molecular weight is 591 g/mol. The molecule has 5 heterocycles. The van der Waals surface area contributed by atoms with Crippen molar-refractivity contribution in [3.63, 3.8) is 0 Å². The smallest absolute Gasteiger partial charge is 0.165 e. The van der Waals surface area contributed by atoms with E-state index >= 15 is 0 Å². The monoisotopic (exact) mass is 589 g/mol. The lowest BCUT2D eigenvalue weighted by molar-refractivity contribution is 0.0254. The van der Waals surface area contributed by atoms with Crippen molar-refractivity contribution in [3.8, 4) is 22.4 Å². The van der Waals surface area contributed by atoms with E-state index in [1.165, 1.54) is 0 Å². The van der Waals surface area contributed by atoms with Gasteiger partial charge in [-0.3, -0.25) is 4.98 Å². The van der Waals surface area contributed by atoms with Crippen LogP contribution in [0.5, 0.6) is 0 Å². The van der Waals surface area contributed by atoms with E-state index in [9.17, 15) is 0 Å². The number of morpholine rings is 2. The van der Waals surface area contributed by atoms with E-state index in [0.29, 0.717) is 25.4 Å². The molecular formula is C29H32BrN7O2. The molecule has 2 saturated heterocycles. The number of aromatic nitrogens is 4. The quantitative estimate of drug-likeness (QED) is 0.290. The van der Waals surface area contributed by atoms with Crippen molar-refractivity contribution in [2.75, 3.05) is 44.8 Å². The van der Waals surface area contributed by atoms with Gasteiger partial charge in [0.2, 0.25) is 0 Å². The maximum absolute atomic E-state index is 6.07. The normalized spacial score (nSPS) is 20.6. The number of ether oxygens (including phenoxy) is 2. The first-order valence-corrected chi connectivity index (χ1v) is 14.3. The fraction of sp³-hybridized carbons (Fsp3) is 0.379. The summed E-state index contributed by atoms with van der Waals surface area (Å²) in [5, 5.41) is 11.6. The Morgan fingerprint density at radius 1 is 1.08 bits per heavy atom. The second kappa shape index (κ2) is 12.0. The molecule has 9 nitrogen and oxygen atoms in total. The Kier molecular flexibility index (Phi) is 8.08. The third-order valence-electron chi connectivity index (χ3n) is 7.28. The molecule has 202 valence electrons. The van der Waals surface area contributed by atoms with Crippen LogP contribution in [0.4, 0.5) is 5.82 Å². The molecule has 3 unspecified atom stereocenters. The highest BCUT2D eigenvalue weighted by Crippen LogP contribution is 2.37. The molecule has 0 saturated carbocycles. The largest absolute Gasteiger partial charge is 0.378 e. The molecule has 3 N–H and O–H groups in total.